The monoisotopic (exact) mass is 362 g/mol. The lowest BCUT2D eigenvalue weighted by Crippen LogP contribution is -2.14. The average Bonchev–Trinajstić information content (AvgIpc) is 3.17. The summed E-state index contributed by atoms with van der Waals surface area (Å²) in [5.74, 6) is -0.494. The van der Waals surface area contributed by atoms with Crippen LogP contribution in [0.15, 0.2) is 29.6 Å². The average molecular weight is 362 g/mol. The van der Waals surface area contributed by atoms with Crippen LogP contribution >= 0.6 is 22.7 Å². The lowest BCUT2D eigenvalue weighted by Gasteiger charge is -1.98. The second kappa shape index (κ2) is 7.59. The SMILES string of the molecule is CCCc1nnc(NC(=O)Cc2csc(-c3cccc(F)c3)n2)s1. The van der Waals surface area contributed by atoms with Gasteiger partial charge in [0.1, 0.15) is 15.8 Å². The van der Waals surface area contributed by atoms with Crippen LogP contribution in [0.3, 0.4) is 0 Å². The molecule has 0 bridgehead atoms. The Morgan fingerprint density at radius 2 is 2.21 bits per heavy atom. The number of halogens is 1. The zero-order valence-corrected chi connectivity index (χ0v) is 14.6. The number of anilines is 1. The van der Waals surface area contributed by atoms with E-state index >= 15 is 0 Å². The Kier molecular flexibility index (Phi) is 5.27. The molecule has 0 atom stereocenters. The lowest BCUT2D eigenvalue weighted by molar-refractivity contribution is -0.115. The van der Waals surface area contributed by atoms with E-state index in [0.717, 1.165) is 17.8 Å². The van der Waals surface area contributed by atoms with Crippen molar-refractivity contribution in [2.75, 3.05) is 5.32 Å². The molecule has 124 valence electrons. The topological polar surface area (TPSA) is 67.8 Å². The van der Waals surface area contributed by atoms with Crippen molar-refractivity contribution in [3.8, 4) is 10.6 Å². The van der Waals surface area contributed by atoms with Crippen molar-refractivity contribution >= 4 is 33.7 Å². The van der Waals surface area contributed by atoms with Crippen molar-refractivity contribution in [1.82, 2.24) is 15.2 Å². The number of nitrogens with one attached hydrogen (secondary N) is 1. The third kappa shape index (κ3) is 4.21. The van der Waals surface area contributed by atoms with E-state index in [1.807, 2.05) is 5.38 Å². The maximum Gasteiger partial charge on any atom is 0.232 e. The first kappa shape index (κ1) is 16.7. The third-order valence-corrected chi connectivity index (χ3v) is 4.98. The molecule has 2 aromatic heterocycles. The first-order valence-corrected chi connectivity index (χ1v) is 9.16. The van der Waals surface area contributed by atoms with Gasteiger partial charge in [0.15, 0.2) is 0 Å². The maximum absolute atomic E-state index is 13.3. The van der Waals surface area contributed by atoms with Gasteiger partial charge >= 0.3 is 0 Å². The zero-order chi connectivity index (χ0) is 16.9. The van der Waals surface area contributed by atoms with Crippen LogP contribution in [-0.4, -0.2) is 21.1 Å². The summed E-state index contributed by atoms with van der Waals surface area (Å²) >= 11 is 2.77. The fourth-order valence-electron chi connectivity index (χ4n) is 2.09. The zero-order valence-electron chi connectivity index (χ0n) is 13.0. The third-order valence-electron chi connectivity index (χ3n) is 3.14. The van der Waals surface area contributed by atoms with Gasteiger partial charge in [0.25, 0.3) is 0 Å². The van der Waals surface area contributed by atoms with Crippen molar-refractivity contribution in [1.29, 1.82) is 0 Å². The molecule has 8 heteroatoms. The standard InChI is InChI=1S/C16H15FN4OS2/c1-2-4-14-20-21-16(24-14)19-13(22)8-12-9-23-15(18-12)10-5-3-6-11(17)7-10/h3,5-7,9H,2,4,8H2,1H3,(H,19,21,22). The molecule has 0 aliphatic carbocycles. The number of hydrogen-bond acceptors (Lipinski definition) is 6. The molecule has 0 unspecified atom stereocenters. The van der Waals surface area contributed by atoms with Gasteiger partial charge in [-0.05, 0) is 18.6 Å². The summed E-state index contributed by atoms with van der Waals surface area (Å²) in [7, 11) is 0. The Hall–Kier alpha value is -2.19. The van der Waals surface area contributed by atoms with Gasteiger partial charge in [-0.1, -0.05) is 30.4 Å². The molecule has 1 amide bonds. The van der Waals surface area contributed by atoms with E-state index in [2.05, 4.69) is 27.4 Å². The lowest BCUT2D eigenvalue weighted by atomic mass is 10.2. The molecule has 5 nitrogen and oxygen atoms in total. The Bertz CT molecular complexity index is 846. The Morgan fingerprint density at radius 3 is 3.00 bits per heavy atom. The number of aryl methyl sites for hydroxylation is 1. The van der Waals surface area contributed by atoms with Crippen molar-refractivity contribution in [2.45, 2.75) is 26.2 Å². The molecule has 0 aliphatic heterocycles. The number of amides is 1. The first-order chi connectivity index (χ1) is 11.6. The molecule has 0 fully saturated rings. The van der Waals surface area contributed by atoms with Crippen LogP contribution in [-0.2, 0) is 17.6 Å². The first-order valence-electron chi connectivity index (χ1n) is 7.46. The van der Waals surface area contributed by atoms with Gasteiger partial charge in [0.05, 0.1) is 12.1 Å². The van der Waals surface area contributed by atoms with Gasteiger partial charge in [-0.3, -0.25) is 4.79 Å². The summed E-state index contributed by atoms with van der Waals surface area (Å²) in [6.45, 7) is 2.07. The number of carbonyl (C=O) groups is 1. The number of hydrogen-bond donors (Lipinski definition) is 1. The van der Waals surface area contributed by atoms with Crippen LogP contribution in [0.2, 0.25) is 0 Å². The van der Waals surface area contributed by atoms with Gasteiger partial charge in [0, 0.05) is 17.4 Å². The van der Waals surface area contributed by atoms with E-state index in [4.69, 9.17) is 0 Å². The quantitative estimate of drug-likeness (QED) is 0.721. The van der Waals surface area contributed by atoms with E-state index in [0.29, 0.717) is 21.4 Å². The highest BCUT2D eigenvalue weighted by molar-refractivity contribution is 7.15. The van der Waals surface area contributed by atoms with Crippen LogP contribution in [0.5, 0.6) is 0 Å². The molecule has 3 aromatic rings. The molecule has 0 spiro atoms. The minimum Gasteiger partial charge on any atom is -0.300 e. The maximum atomic E-state index is 13.3. The minimum atomic E-state index is -0.304. The van der Waals surface area contributed by atoms with Crippen molar-refractivity contribution in [3.05, 3.63) is 46.2 Å². The summed E-state index contributed by atoms with van der Waals surface area (Å²) < 4.78 is 13.3. The number of rotatable bonds is 6. The molecule has 1 N–H and O–H groups in total. The van der Waals surface area contributed by atoms with Gasteiger partial charge in [0.2, 0.25) is 11.0 Å². The molecule has 0 radical (unpaired) electrons. The van der Waals surface area contributed by atoms with Crippen LogP contribution < -0.4 is 5.32 Å². The van der Waals surface area contributed by atoms with Gasteiger partial charge < -0.3 is 5.32 Å². The summed E-state index contributed by atoms with van der Waals surface area (Å²) in [4.78, 5) is 16.5. The van der Waals surface area contributed by atoms with Gasteiger partial charge in [-0.25, -0.2) is 9.37 Å². The highest BCUT2D eigenvalue weighted by atomic mass is 32.1. The molecule has 2 heterocycles. The summed E-state index contributed by atoms with van der Waals surface area (Å²) in [6.07, 6.45) is 2.00. The molecular weight excluding hydrogens is 347 g/mol. The van der Waals surface area contributed by atoms with E-state index in [1.54, 1.807) is 12.1 Å². The molecule has 0 aliphatic rings. The van der Waals surface area contributed by atoms with Gasteiger partial charge in [-0.15, -0.1) is 21.5 Å². The molecular formula is C16H15FN4OS2. The second-order valence-corrected chi connectivity index (χ2v) is 7.05. The second-order valence-electron chi connectivity index (χ2n) is 5.13. The van der Waals surface area contributed by atoms with E-state index in [1.165, 1.54) is 34.8 Å². The minimum absolute atomic E-state index is 0.147. The van der Waals surface area contributed by atoms with Crippen molar-refractivity contribution < 1.29 is 9.18 Å². The van der Waals surface area contributed by atoms with Crippen LogP contribution in [0.25, 0.3) is 10.6 Å². The highest BCUT2D eigenvalue weighted by Crippen LogP contribution is 2.24. The van der Waals surface area contributed by atoms with Crippen LogP contribution in [0, 0.1) is 5.82 Å². The smallest absolute Gasteiger partial charge is 0.232 e. The Morgan fingerprint density at radius 1 is 1.33 bits per heavy atom. The number of aromatic nitrogens is 3. The van der Waals surface area contributed by atoms with E-state index < -0.39 is 0 Å². The normalized spacial score (nSPS) is 10.8. The predicted molar refractivity (Wildman–Crippen MR) is 93.7 cm³/mol. The summed E-state index contributed by atoms with van der Waals surface area (Å²) in [6, 6.07) is 6.25. The fraction of sp³-hybridized carbons (Fsp3) is 0.250. The molecule has 0 saturated carbocycles. The van der Waals surface area contributed by atoms with Gasteiger partial charge in [-0.2, -0.15) is 0 Å². The molecule has 3 rings (SSSR count). The van der Waals surface area contributed by atoms with Crippen LogP contribution in [0.1, 0.15) is 24.0 Å². The molecule has 24 heavy (non-hydrogen) atoms. The van der Waals surface area contributed by atoms with E-state index in [-0.39, 0.29) is 18.1 Å². The largest absolute Gasteiger partial charge is 0.300 e. The van der Waals surface area contributed by atoms with E-state index in [9.17, 15) is 9.18 Å². The Balaban J connectivity index is 1.62. The Labute approximate surface area is 146 Å². The number of benzene rings is 1. The number of thiazole rings is 1. The highest BCUT2D eigenvalue weighted by Gasteiger charge is 2.12. The van der Waals surface area contributed by atoms with Crippen molar-refractivity contribution in [3.63, 3.8) is 0 Å². The van der Waals surface area contributed by atoms with Crippen molar-refractivity contribution in [2.24, 2.45) is 0 Å². The summed E-state index contributed by atoms with van der Waals surface area (Å²) in [5, 5.41) is 14.6. The predicted octanol–water partition coefficient (Wildman–Crippen LogP) is 3.93. The molecule has 0 saturated heterocycles. The van der Waals surface area contributed by atoms with Crippen LogP contribution in [0.4, 0.5) is 9.52 Å². The summed E-state index contributed by atoms with van der Waals surface area (Å²) in [5.41, 5.74) is 1.36. The molecule has 1 aromatic carbocycles. The number of carbonyl (C=O) groups excluding carboxylic acids is 1. The number of nitrogens with zero attached hydrogens (tertiary/aromatic N) is 3. The fourth-order valence-corrected chi connectivity index (χ4v) is 3.76.